The van der Waals surface area contributed by atoms with Crippen molar-refractivity contribution in [3.05, 3.63) is 16.4 Å². The summed E-state index contributed by atoms with van der Waals surface area (Å²) in [5, 5.41) is 8.19. The fraction of sp³-hybridized carbons (Fsp3) is 0.786. The molecular formula is C14H24BrN5. The molecule has 0 aromatic carbocycles. The van der Waals surface area contributed by atoms with E-state index in [0.717, 1.165) is 17.6 Å². The van der Waals surface area contributed by atoms with Gasteiger partial charge in [-0.15, -0.1) is 0 Å². The first-order chi connectivity index (χ1) is 9.74. The Bertz CT molecular complexity index is 452. The van der Waals surface area contributed by atoms with Crippen LogP contribution in [0.2, 0.25) is 0 Å². The van der Waals surface area contributed by atoms with Crippen molar-refractivity contribution in [2.45, 2.75) is 32.5 Å². The Hall–Kier alpha value is -0.430. The fourth-order valence-corrected chi connectivity index (χ4v) is 4.08. The monoisotopic (exact) mass is 341 g/mol. The van der Waals surface area contributed by atoms with Crippen LogP contribution in [0.1, 0.15) is 25.6 Å². The topological polar surface area (TPSA) is 36.3 Å². The van der Waals surface area contributed by atoms with Gasteiger partial charge in [-0.2, -0.15) is 5.10 Å². The Morgan fingerprint density at radius 1 is 1.35 bits per heavy atom. The van der Waals surface area contributed by atoms with Gasteiger partial charge in [0.15, 0.2) is 0 Å². The number of piperazine rings is 3. The summed E-state index contributed by atoms with van der Waals surface area (Å²) in [5.74, 6) is 0. The Labute approximate surface area is 129 Å². The van der Waals surface area contributed by atoms with Crippen molar-refractivity contribution in [3.63, 3.8) is 0 Å². The van der Waals surface area contributed by atoms with Crippen LogP contribution in [-0.2, 0) is 6.54 Å². The average molecular weight is 342 g/mol. The van der Waals surface area contributed by atoms with Gasteiger partial charge in [-0.1, -0.05) is 6.92 Å². The van der Waals surface area contributed by atoms with E-state index in [-0.39, 0.29) is 0 Å². The molecule has 4 rings (SSSR count). The summed E-state index contributed by atoms with van der Waals surface area (Å²) < 4.78 is 3.25. The van der Waals surface area contributed by atoms with Crippen LogP contribution in [0.15, 0.2) is 10.7 Å². The molecule has 112 valence electrons. The Kier molecular flexibility index (Phi) is 4.45. The lowest BCUT2D eigenvalue weighted by molar-refractivity contribution is -0.00482. The summed E-state index contributed by atoms with van der Waals surface area (Å²) in [7, 11) is 0. The summed E-state index contributed by atoms with van der Waals surface area (Å²) in [6, 6.07) is 0.899. The van der Waals surface area contributed by atoms with E-state index in [9.17, 15) is 0 Å². The molecular weight excluding hydrogens is 318 g/mol. The van der Waals surface area contributed by atoms with Crippen molar-refractivity contribution < 1.29 is 0 Å². The second-order valence-corrected chi connectivity index (χ2v) is 6.49. The van der Waals surface area contributed by atoms with E-state index in [4.69, 9.17) is 0 Å². The molecule has 3 saturated heterocycles. The van der Waals surface area contributed by atoms with Gasteiger partial charge >= 0.3 is 0 Å². The summed E-state index contributed by atoms with van der Waals surface area (Å²) in [5.41, 5.74) is 1.30. The third kappa shape index (κ3) is 2.54. The van der Waals surface area contributed by atoms with E-state index in [1.165, 1.54) is 38.4 Å². The molecule has 6 heteroatoms. The number of rotatable bonds is 5. The molecule has 1 aromatic heterocycles. The molecule has 0 amide bonds. The molecule has 2 unspecified atom stereocenters. The second-order valence-electron chi connectivity index (χ2n) is 5.63. The number of nitrogens with one attached hydrogen (secondary N) is 1. The quantitative estimate of drug-likeness (QED) is 0.876. The molecule has 20 heavy (non-hydrogen) atoms. The number of hydrogen-bond donors (Lipinski definition) is 1. The van der Waals surface area contributed by atoms with Gasteiger partial charge in [0.1, 0.15) is 0 Å². The zero-order valence-electron chi connectivity index (χ0n) is 12.3. The van der Waals surface area contributed by atoms with E-state index in [1.54, 1.807) is 0 Å². The van der Waals surface area contributed by atoms with Crippen molar-refractivity contribution in [2.75, 3.05) is 39.3 Å². The zero-order valence-corrected chi connectivity index (χ0v) is 13.9. The van der Waals surface area contributed by atoms with E-state index in [1.807, 2.05) is 6.20 Å². The van der Waals surface area contributed by atoms with Crippen LogP contribution in [-0.4, -0.2) is 64.9 Å². The number of hydrogen-bond acceptors (Lipinski definition) is 4. The molecule has 0 radical (unpaired) electrons. The maximum Gasteiger partial charge on any atom is 0.0712 e. The van der Waals surface area contributed by atoms with Crippen LogP contribution in [0.3, 0.4) is 0 Å². The Morgan fingerprint density at radius 2 is 2.10 bits per heavy atom. The third-order valence-corrected chi connectivity index (χ3v) is 5.17. The van der Waals surface area contributed by atoms with Crippen molar-refractivity contribution in [2.24, 2.45) is 0 Å². The lowest BCUT2D eigenvalue weighted by Crippen LogP contribution is -2.64. The molecule has 3 fully saturated rings. The van der Waals surface area contributed by atoms with Gasteiger partial charge in [0.2, 0.25) is 0 Å². The van der Waals surface area contributed by atoms with Gasteiger partial charge in [0.05, 0.1) is 22.4 Å². The highest BCUT2D eigenvalue weighted by Crippen LogP contribution is 2.31. The number of aryl methyl sites for hydroxylation is 1. The standard InChI is InChI=1S/C14H24BrN5/c1-3-16-13(14-11(15)9-17-20(14)4-2)12-10-18-5-7-19(12)8-6-18/h9,12-13,16H,3-8,10H2,1-2H3. The molecule has 1 aromatic rings. The maximum absolute atomic E-state index is 4.49. The van der Waals surface area contributed by atoms with Crippen LogP contribution >= 0.6 is 15.9 Å². The first-order valence-corrected chi connectivity index (χ1v) is 8.44. The van der Waals surface area contributed by atoms with Crippen molar-refractivity contribution in [1.29, 1.82) is 0 Å². The predicted molar refractivity (Wildman–Crippen MR) is 83.8 cm³/mol. The lowest BCUT2D eigenvalue weighted by atomic mass is 9.97. The van der Waals surface area contributed by atoms with Gasteiger partial charge < -0.3 is 5.32 Å². The predicted octanol–water partition coefficient (Wildman–Crippen LogP) is 1.32. The van der Waals surface area contributed by atoms with Gasteiger partial charge in [0, 0.05) is 45.3 Å². The summed E-state index contributed by atoms with van der Waals surface area (Å²) in [4.78, 5) is 5.24. The third-order valence-electron chi connectivity index (χ3n) is 4.56. The smallest absolute Gasteiger partial charge is 0.0712 e. The highest BCUT2D eigenvalue weighted by molar-refractivity contribution is 9.10. The molecule has 0 aliphatic carbocycles. The molecule has 2 bridgehead atoms. The van der Waals surface area contributed by atoms with Crippen molar-refractivity contribution in [1.82, 2.24) is 24.9 Å². The SMILES string of the molecule is CCNC(c1c(Br)cnn1CC)C1CN2CCN1CC2. The van der Waals surface area contributed by atoms with E-state index < -0.39 is 0 Å². The molecule has 5 nitrogen and oxygen atoms in total. The average Bonchev–Trinajstić information content (AvgIpc) is 2.87. The van der Waals surface area contributed by atoms with Gasteiger partial charge in [0.25, 0.3) is 0 Å². The van der Waals surface area contributed by atoms with E-state index in [0.29, 0.717) is 12.1 Å². The minimum atomic E-state index is 0.347. The summed E-state index contributed by atoms with van der Waals surface area (Å²) in [6.07, 6.45) is 1.93. The van der Waals surface area contributed by atoms with Crippen LogP contribution in [0.4, 0.5) is 0 Å². The molecule has 3 aliphatic rings. The fourth-order valence-electron chi connectivity index (χ4n) is 3.54. The van der Waals surface area contributed by atoms with E-state index in [2.05, 4.69) is 54.7 Å². The van der Waals surface area contributed by atoms with Gasteiger partial charge in [-0.3, -0.25) is 14.5 Å². The van der Waals surface area contributed by atoms with Crippen LogP contribution in [0.5, 0.6) is 0 Å². The van der Waals surface area contributed by atoms with Crippen LogP contribution in [0.25, 0.3) is 0 Å². The molecule has 0 spiro atoms. The van der Waals surface area contributed by atoms with Crippen LogP contribution < -0.4 is 5.32 Å². The summed E-state index contributed by atoms with van der Waals surface area (Å²) >= 11 is 3.69. The van der Waals surface area contributed by atoms with Gasteiger partial charge in [-0.25, -0.2) is 0 Å². The molecule has 2 atom stereocenters. The largest absolute Gasteiger partial charge is 0.308 e. The highest BCUT2D eigenvalue weighted by atomic mass is 79.9. The molecule has 1 N–H and O–H groups in total. The minimum Gasteiger partial charge on any atom is -0.308 e. The number of fused-ring (bicyclic) bond motifs is 3. The number of halogens is 1. The second kappa shape index (κ2) is 6.13. The first kappa shape index (κ1) is 14.5. The molecule has 0 saturated carbocycles. The van der Waals surface area contributed by atoms with Gasteiger partial charge in [-0.05, 0) is 29.4 Å². The maximum atomic E-state index is 4.49. The highest BCUT2D eigenvalue weighted by Gasteiger charge is 2.38. The van der Waals surface area contributed by atoms with E-state index >= 15 is 0 Å². The van der Waals surface area contributed by atoms with Crippen LogP contribution in [0, 0.1) is 0 Å². The summed E-state index contributed by atoms with van der Waals surface area (Å²) in [6.45, 7) is 12.3. The number of aromatic nitrogens is 2. The van der Waals surface area contributed by atoms with Crippen molar-refractivity contribution in [3.8, 4) is 0 Å². The minimum absolute atomic E-state index is 0.347. The number of nitrogens with zero attached hydrogens (tertiary/aromatic N) is 4. The lowest BCUT2D eigenvalue weighted by Gasteiger charge is -2.50. The normalized spacial score (nSPS) is 30.6. The molecule has 4 heterocycles. The van der Waals surface area contributed by atoms with Crippen molar-refractivity contribution >= 4 is 15.9 Å². The Balaban J connectivity index is 1.90. The first-order valence-electron chi connectivity index (χ1n) is 7.65. The molecule has 3 aliphatic heterocycles. The zero-order chi connectivity index (χ0) is 14.1. The number of likely N-dealkylation sites (N-methyl/N-ethyl adjacent to an activating group) is 1. The Morgan fingerprint density at radius 3 is 2.65 bits per heavy atom.